The predicted molar refractivity (Wildman–Crippen MR) is 101 cm³/mol. The first-order valence-corrected chi connectivity index (χ1v) is 9.08. The molecule has 1 fully saturated rings. The van der Waals surface area contributed by atoms with Gasteiger partial charge in [-0.05, 0) is 50.5 Å². The topological polar surface area (TPSA) is 88.8 Å². The molecule has 3 rings (SSSR count). The fraction of sp³-hybridized carbons (Fsp3) is 0.450. The maximum absolute atomic E-state index is 12.7. The zero-order chi connectivity index (χ0) is 19.7. The van der Waals surface area contributed by atoms with Crippen molar-refractivity contribution in [3.8, 4) is 5.75 Å². The Bertz CT molecular complexity index is 963. The molecule has 2 heterocycles. The number of ether oxygens (including phenoxy) is 1. The van der Waals surface area contributed by atoms with Crippen LogP contribution in [0.4, 0.5) is 0 Å². The summed E-state index contributed by atoms with van der Waals surface area (Å²) >= 11 is 0. The molecule has 0 spiro atoms. The molecular weight excluding hydrogens is 348 g/mol. The summed E-state index contributed by atoms with van der Waals surface area (Å²) in [4.78, 5) is 38.1. The summed E-state index contributed by atoms with van der Waals surface area (Å²) < 4.78 is 11.2. The Hall–Kier alpha value is -2.83. The minimum atomic E-state index is -0.467. The Balaban J connectivity index is 1.89. The molecule has 0 bridgehead atoms. The molecule has 7 heteroatoms. The third-order valence-electron chi connectivity index (χ3n) is 5.05. The van der Waals surface area contributed by atoms with Crippen LogP contribution >= 0.6 is 0 Å². The highest BCUT2D eigenvalue weighted by atomic mass is 16.5. The Morgan fingerprint density at radius 3 is 2.70 bits per heavy atom. The molecule has 1 aromatic carbocycles. The van der Waals surface area contributed by atoms with Gasteiger partial charge in [-0.15, -0.1) is 0 Å². The summed E-state index contributed by atoms with van der Waals surface area (Å²) in [6.07, 6.45) is 0.550. The number of benzene rings is 1. The molecule has 1 saturated heterocycles. The van der Waals surface area contributed by atoms with E-state index in [0.717, 1.165) is 11.1 Å². The van der Waals surface area contributed by atoms with E-state index in [4.69, 9.17) is 9.15 Å². The first-order chi connectivity index (χ1) is 12.8. The molecule has 27 heavy (non-hydrogen) atoms. The summed E-state index contributed by atoms with van der Waals surface area (Å²) in [5, 5.41) is 3.47. The second kappa shape index (κ2) is 7.42. The molecule has 2 aromatic rings. The molecule has 7 nitrogen and oxygen atoms in total. The van der Waals surface area contributed by atoms with E-state index in [-0.39, 0.29) is 24.0 Å². The predicted octanol–water partition coefficient (Wildman–Crippen LogP) is 1.83. The number of piperazine rings is 1. The van der Waals surface area contributed by atoms with Gasteiger partial charge < -0.3 is 19.4 Å². The standard InChI is InChI=1S/C20H24N2O5/c1-5-14-19(24)21-6-7-22(14)17(23)10-26-15-8-11(2)9-16-18(15)12(3)13(4)20(25)27-16/h8-9,14H,5-7,10H2,1-4H3,(H,21,24). The van der Waals surface area contributed by atoms with Crippen LogP contribution < -0.4 is 15.7 Å². The summed E-state index contributed by atoms with van der Waals surface area (Å²) in [5.74, 6) is 0.127. The minimum Gasteiger partial charge on any atom is -0.483 e. The quantitative estimate of drug-likeness (QED) is 0.827. The first-order valence-electron chi connectivity index (χ1n) is 9.08. The number of carbonyl (C=O) groups is 2. The van der Waals surface area contributed by atoms with Crippen LogP contribution in [0, 0.1) is 20.8 Å². The van der Waals surface area contributed by atoms with Crippen LogP contribution in [-0.2, 0) is 9.59 Å². The number of hydrogen-bond acceptors (Lipinski definition) is 5. The van der Waals surface area contributed by atoms with Crippen molar-refractivity contribution in [3.05, 3.63) is 39.2 Å². The number of aryl methyl sites for hydroxylation is 2. The third kappa shape index (κ3) is 3.54. The van der Waals surface area contributed by atoms with Crippen LogP contribution in [0.5, 0.6) is 5.75 Å². The molecule has 2 amide bonds. The van der Waals surface area contributed by atoms with Crippen molar-refractivity contribution in [1.82, 2.24) is 10.2 Å². The molecule has 0 aliphatic carbocycles. The van der Waals surface area contributed by atoms with Crippen molar-refractivity contribution in [2.75, 3.05) is 19.7 Å². The fourth-order valence-electron chi connectivity index (χ4n) is 3.44. The van der Waals surface area contributed by atoms with Crippen LogP contribution in [0.15, 0.2) is 21.3 Å². The van der Waals surface area contributed by atoms with Crippen LogP contribution in [0.3, 0.4) is 0 Å². The lowest BCUT2D eigenvalue weighted by Crippen LogP contribution is -2.57. The van der Waals surface area contributed by atoms with Gasteiger partial charge in [-0.3, -0.25) is 9.59 Å². The second-order valence-corrected chi connectivity index (χ2v) is 6.87. The monoisotopic (exact) mass is 372 g/mol. The van der Waals surface area contributed by atoms with E-state index >= 15 is 0 Å². The molecule has 1 aliphatic heterocycles. The van der Waals surface area contributed by atoms with E-state index in [0.29, 0.717) is 41.8 Å². The SMILES string of the molecule is CCC1C(=O)NCCN1C(=O)COc1cc(C)cc2oc(=O)c(C)c(C)c12. The van der Waals surface area contributed by atoms with E-state index in [1.54, 1.807) is 17.9 Å². The smallest absolute Gasteiger partial charge is 0.339 e. The number of nitrogens with zero attached hydrogens (tertiary/aromatic N) is 1. The molecule has 1 unspecified atom stereocenters. The molecule has 0 saturated carbocycles. The zero-order valence-corrected chi connectivity index (χ0v) is 16.0. The van der Waals surface area contributed by atoms with Gasteiger partial charge in [0, 0.05) is 18.7 Å². The van der Waals surface area contributed by atoms with Gasteiger partial charge in [0.15, 0.2) is 6.61 Å². The second-order valence-electron chi connectivity index (χ2n) is 6.87. The number of hydrogen-bond donors (Lipinski definition) is 1. The number of amides is 2. The van der Waals surface area contributed by atoms with Gasteiger partial charge in [0.25, 0.3) is 5.91 Å². The molecule has 144 valence electrons. The Kier molecular flexibility index (Phi) is 5.21. The lowest BCUT2D eigenvalue weighted by atomic mass is 10.0. The largest absolute Gasteiger partial charge is 0.483 e. The Labute approximate surface area is 157 Å². The van der Waals surface area contributed by atoms with Gasteiger partial charge in [-0.2, -0.15) is 0 Å². The van der Waals surface area contributed by atoms with Gasteiger partial charge in [0.05, 0.1) is 5.39 Å². The summed E-state index contributed by atoms with van der Waals surface area (Å²) in [7, 11) is 0. The third-order valence-corrected chi connectivity index (χ3v) is 5.05. The van der Waals surface area contributed by atoms with E-state index in [2.05, 4.69) is 5.32 Å². The van der Waals surface area contributed by atoms with Gasteiger partial charge in [0.2, 0.25) is 5.91 Å². The van der Waals surface area contributed by atoms with Crippen molar-refractivity contribution < 1.29 is 18.7 Å². The van der Waals surface area contributed by atoms with Gasteiger partial charge in [0.1, 0.15) is 17.4 Å². The number of nitrogens with one attached hydrogen (secondary N) is 1. The van der Waals surface area contributed by atoms with Gasteiger partial charge in [-0.25, -0.2) is 4.79 Å². The lowest BCUT2D eigenvalue weighted by Gasteiger charge is -2.34. The van der Waals surface area contributed by atoms with Crippen LogP contribution in [-0.4, -0.2) is 42.5 Å². The van der Waals surface area contributed by atoms with Crippen molar-refractivity contribution in [1.29, 1.82) is 0 Å². The molecule has 1 N–H and O–H groups in total. The Morgan fingerprint density at radius 2 is 2.00 bits per heavy atom. The average molecular weight is 372 g/mol. The zero-order valence-electron chi connectivity index (χ0n) is 16.0. The van der Waals surface area contributed by atoms with E-state index in [9.17, 15) is 14.4 Å². The van der Waals surface area contributed by atoms with Gasteiger partial charge >= 0.3 is 5.63 Å². The summed E-state index contributed by atoms with van der Waals surface area (Å²) in [6, 6.07) is 3.13. The lowest BCUT2D eigenvalue weighted by molar-refractivity contribution is -0.144. The summed E-state index contributed by atoms with van der Waals surface area (Å²) in [5.41, 5.74) is 2.21. The molecule has 1 aromatic heterocycles. The van der Waals surface area contributed by atoms with Crippen molar-refractivity contribution >= 4 is 22.8 Å². The maximum atomic E-state index is 12.7. The molecule has 1 aliphatic rings. The van der Waals surface area contributed by atoms with Crippen LogP contribution in [0.25, 0.3) is 11.0 Å². The minimum absolute atomic E-state index is 0.133. The highest BCUT2D eigenvalue weighted by Gasteiger charge is 2.31. The number of rotatable bonds is 4. The summed E-state index contributed by atoms with van der Waals surface area (Å²) in [6.45, 7) is 8.00. The highest BCUT2D eigenvalue weighted by Crippen LogP contribution is 2.31. The van der Waals surface area contributed by atoms with E-state index in [1.165, 1.54) is 0 Å². The molecular formula is C20H24N2O5. The van der Waals surface area contributed by atoms with Crippen molar-refractivity contribution in [2.24, 2.45) is 0 Å². The van der Waals surface area contributed by atoms with Crippen LogP contribution in [0.1, 0.15) is 30.0 Å². The van der Waals surface area contributed by atoms with E-state index < -0.39 is 6.04 Å². The number of carbonyl (C=O) groups excluding carboxylic acids is 2. The van der Waals surface area contributed by atoms with Crippen LogP contribution in [0.2, 0.25) is 0 Å². The van der Waals surface area contributed by atoms with Crippen molar-refractivity contribution in [3.63, 3.8) is 0 Å². The number of fused-ring (bicyclic) bond motifs is 1. The maximum Gasteiger partial charge on any atom is 0.339 e. The average Bonchev–Trinajstić information content (AvgIpc) is 2.63. The Morgan fingerprint density at radius 1 is 1.26 bits per heavy atom. The first kappa shape index (κ1) is 18.9. The van der Waals surface area contributed by atoms with Gasteiger partial charge in [-0.1, -0.05) is 6.92 Å². The fourth-order valence-corrected chi connectivity index (χ4v) is 3.44. The normalized spacial score (nSPS) is 17.1. The van der Waals surface area contributed by atoms with E-state index in [1.807, 2.05) is 26.8 Å². The molecule has 0 radical (unpaired) electrons. The molecule has 1 atom stereocenters. The highest BCUT2D eigenvalue weighted by molar-refractivity contribution is 5.90. The van der Waals surface area contributed by atoms with Crippen molar-refractivity contribution in [2.45, 2.75) is 40.2 Å².